The zero-order valence-electron chi connectivity index (χ0n) is 13.5. The second-order valence-electron chi connectivity index (χ2n) is 5.44. The fraction of sp³-hybridized carbons (Fsp3) is 0.167. The number of benzene rings is 2. The number of nitrogens with zero attached hydrogens (tertiary/aromatic N) is 2. The van der Waals surface area contributed by atoms with Crippen LogP contribution in [0.1, 0.15) is 11.1 Å². The van der Waals surface area contributed by atoms with Gasteiger partial charge in [-0.05, 0) is 17.7 Å². The van der Waals surface area contributed by atoms with Crippen LogP contribution in [-0.2, 0) is 16.1 Å². The summed E-state index contributed by atoms with van der Waals surface area (Å²) in [5.41, 5.74) is 2.10. The standard InChI is InChI=1S/C18H16ClN3O3/c1-22-14-10-6-5-9-13(14)15(19)20-16(17(22)23)21-18(24)25-11-12-7-3-2-4-8-12/h2-10,16H,11H2,1H3,(H,21,24). The van der Waals surface area contributed by atoms with Gasteiger partial charge in [-0.15, -0.1) is 0 Å². The van der Waals surface area contributed by atoms with Gasteiger partial charge in [-0.2, -0.15) is 0 Å². The van der Waals surface area contributed by atoms with E-state index in [-0.39, 0.29) is 11.8 Å². The molecule has 1 aliphatic heterocycles. The molecule has 3 rings (SSSR count). The number of aliphatic imine (C=N–C) groups is 1. The molecule has 1 heterocycles. The summed E-state index contributed by atoms with van der Waals surface area (Å²) in [6, 6.07) is 16.4. The number of carbonyl (C=O) groups excluding carboxylic acids is 2. The van der Waals surface area contributed by atoms with Crippen LogP contribution < -0.4 is 10.2 Å². The normalized spacial score (nSPS) is 16.6. The number of halogens is 1. The number of amides is 2. The minimum atomic E-state index is -1.15. The van der Waals surface area contributed by atoms with Gasteiger partial charge < -0.3 is 9.64 Å². The smallest absolute Gasteiger partial charge is 0.409 e. The lowest BCUT2D eigenvalue weighted by Crippen LogP contribution is -2.46. The number of alkyl carbamates (subject to hydrolysis) is 1. The van der Waals surface area contributed by atoms with E-state index < -0.39 is 18.2 Å². The summed E-state index contributed by atoms with van der Waals surface area (Å²) in [5.74, 6) is -0.403. The lowest BCUT2D eigenvalue weighted by molar-refractivity contribution is -0.120. The molecule has 2 amide bonds. The Balaban J connectivity index is 1.71. The lowest BCUT2D eigenvalue weighted by Gasteiger charge is -2.20. The average Bonchev–Trinajstić information content (AvgIpc) is 2.73. The van der Waals surface area contributed by atoms with E-state index in [1.807, 2.05) is 30.3 Å². The van der Waals surface area contributed by atoms with Gasteiger partial charge in [0.25, 0.3) is 5.91 Å². The zero-order valence-corrected chi connectivity index (χ0v) is 14.2. The van der Waals surface area contributed by atoms with Crippen molar-refractivity contribution in [3.8, 4) is 0 Å². The van der Waals surface area contributed by atoms with Crippen molar-refractivity contribution in [3.63, 3.8) is 0 Å². The first-order valence-electron chi connectivity index (χ1n) is 7.64. The third-order valence-electron chi connectivity index (χ3n) is 3.76. The van der Waals surface area contributed by atoms with Crippen molar-refractivity contribution in [2.75, 3.05) is 11.9 Å². The van der Waals surface area contributed by atoms with Gasteiger partial charge in [-0.3, -0.25) is 10.1 Å². The third kappa shape index (κ3) is 3.80. The first kappa shape index (κ1) is 17.0. The number of hydrogen-bond acceptors (Lipinski definition) is 4. The monoisotopic (exact) mass is 357 g/mol. The molecule has 1 atom stereocenters. The Bertz CT molecular complexity index is 823. The van der Waals surface area contributed by atoms with Crippen molar-refractivity contribution in [1.82, 2.24) is 5.32 Å². The average molecular weight is 358 g/mol. The molecule has 7 heteroatoms. The molecule has 0 spiro atoms. The van der Waals surface area contributed by atoms with Crippen molar-refractivity contribution in [1.29, 1.82) is 0 Å². The Morgan fingerprint density at radius 3 is 2.64 bits per heavy atom. The van der Waals surface area contributed by atoms with E-state index in [0.29, 0.717) is 11.3 Å². The topological polar surface area (TPSA) is 71.0 Å². The van der Waals surface area contributed by atoms with E-state index in [0.717, 1.165) is 5.56 Å². The van der Waals surface area contributed by atoms with Crippen LogP contribution in [0.15, 0.2) is 59.6 Å². The molecule has 0 saturated heterocycles. The van der Waals surface area contributed by atoms with E-state index in [2.05, 4.69) is 10.3 Å². The summed E-state index contributed by atoms with van der Waals surface area (Å²) >= 11 is 6.21. The van der Waals surface area contributed by atoms with Gasteiger partial charge in [0.15, 0.2) is 0 Å². The number of hydrogen-bond donors (Lipinski definition) is 1. The van der Waals surface area contributed by atoms with Crippen LogP contribution in [0, 0.1) is 0 Å². The highest BCUT2D eigenvalue weighted by Gasteiger charge is 2.30. The molecule has 0 aliphatic carbocycles. The van der Waals surface area contributed by atoms with Crippen LogP contribution in [0.4, 0.5) is 10.5 Å². The highest BCUT2D eigenvalue weighted by atomic mass is 35.5. The maximum absolute atomic E-state index is 12.6. The number of para-hydroxylation sites is 1. The maximum Gasteiger partial charge on any atom is 0.409 e. The molecule has 1 N–H and O–H groups in total. The number of nitrogens with one attached hydrogen (secondary N) is 1. The molecule has 1 unspecified atom stereocenters. The first-order valence-corrected chi connectivity index (χ1v) is 8.01. The van der Waals surface area contributed by atoms with E-state index in [1.165, 1.54) is 4.90 Å². The van der Waals surface area contributed by atoms with E-state index in [9.17, 15) is 9.59 Å². The molecular formula is C18H16ClN3O3. The van der Waals surface area contributed by atoms with E-state index in [1.54, 1.807) is 31.3 Å². The van der Waals surface area contributed by atoms with Crippen LogP contribution in [0.2, 0.25) is 0 Å². The molecule has 0 radical (unpaired) electrons. The number of carbonyl (C=O) groups is 2. The van der Waals surface area contributed by atoms with Crippen molar-refractivity contribution >= 4 is 34.5 Å². The Morgan fingerprint density at radius 2 is 1.88 bits per heavy atom. The molecule has 0 saturated carbocycles. The Labute approximate surface area is 150 Å². The second kappa shape index (κ2) is 7.36. The Kier molecular flexibility index (Phi) is 5.00. The summed E-state index contributed by atoms with van der Waals surface area (Å²) < 4.78 is 5.13. The maximum atomic E-state index is 12.6. The number of benzodiazepines with no additional fused rings is 1. The molecular weight excluding hydrogens is 342 g/mol. The van der Waals surface area contributed by atoms with Gasteiger partial charge in [0.1, 0.15) is 11.8 Å². The van der Waals surface area contributed by atoms with Crippen LogP contribution in [-0.4, -0.2) is 30.4 Å². The predicted molar refractivity (Wildman–Crippen MR) is 95.8 cm³/mol. The molecule has 0 bridgehead atoms. The highest BCUT2D eigenvalue weighted by molar-refractivity contribution is 6.70. The largest absolute Gasteiger partial charge is 0.445 e. The predicted octanol–water partition coefficient (Wildman–Crippen LogP) is 2.90. The summed E-state index contributed by atoms with van der Waals surface area (Å²) in [4.78, 5) is 30.1. The molecule has 25 heavy (non-hydrogen) atoms. The number of anilines is 1. The summed E-state index contributed by atoms with van der Waals surface area (Å²) in [6.45, 7) is 0.0983. The fourth-order valence-corrected chi connectivity index (χ4v) is 2.71. The Hall–Kier alpha value is -2.86. The third-order valence-corrected chi connectivity index (χ3v) is 4.06. The van der Waals surface area contributed by atoms with E-state index in [4.69, 9.17) is 16.3 Å². The molecule has 0 fully saturated rings. The van der Waals surface area contributed by atoms with Gasteiger partial charge in [-0.1, -0.05) is 54.1 Å². The van der Waals surface area contributed by atoms with Crippen molar-refractivity contribution < 1.29 is 14.3 Å². The number of likely N-dealkylation sites (N-methyl/N-ethyl adjacent to an activating group) is 1. The summed E-state index contributed by atoms with van der Waals surface area (Å²) in [6.07, 6.45) is -1.89. The molecule has 2 aromatic carbocycles. The minimum absolute atomic E-state index is 0.0983. The molecule has 0 aromatic heterocycles. The quantitative estimate of drug-likeness (QED) is 0.918. The van der Waals surface area contributed by atoms with Crippen molar-refractivity contribution in [3.05, 3.63) is 65.7 Å². The number of ether oxygens (including phenoxy) is 1. The Morgan fingerprint density at radius 1 is 1.20 bits per heavy atom. The van der Waals surface area contributed by atoms with Gasteiger partial charge in [0.05, 0.1) is 5.69 Å². The first-order chi connectivity index (χ1) is 12.1. The minimum Gasteiger partial charge on any atom is -0.445 e. The van der Waals surface area contributed by atoms with Crippen LogP contribution in [0.25, 0.3) is 0 Å². The van der Waals surface area contributed by atoms with Crippen molar-refractivity contribution in [2.45, 2.75) is 12.8 Å². The van der Waals surface area contributed by atoms with Gasteiger partial charge in [-0.25, -0.2) is 9.79 Å². The van der Waals surface area contributed by atoms with Gasteiger partial charge >= 0.3 is 6.09 Å². The molecule has 2 aromatic rings. The molecule has 6 nitrogen and oxygen atoms in total. The van der Waals surface area contributed by atoms with Crippen LogP contribution >= 0.6 is 11.6 Å². The summed E-state index contributed by atoms with van der Waals surface area (Å²) in [5, 5.41) is 2.60. The zero-order chi connectivity index (χ0) is 17.8. The fourth-order valence-electron chi connectivity index (χ4n) is 2.45. The SMILES string of the molecule is CN1C(=O)C(NC(=O)OCc2ccccc2)N=C(Cl)c2ccccc21. The van der Waals surface area contributed by atoms with Gasteiger partial charge in [0.2, 0.25) is 6.17 Å². The summed E-state index contributed by atoms with van der Waals surface area (Å²) in [7, 11) is 1.61. The highest BCUT2D eigenvalue weighted by Crippen LogP contribution is 2.25. The lowest BCUT2D eigenvalue weighted by atomic mass is 10.2. The van der Waals surface area contributed by atoms with E-state index >= 15 is 0 Å². The van der Waals surface area contributed by atoms with Gasteiger partial charge in [0, 0.05) is 12.6 Å². The van der Waals surface area contributed by atoms with Crippen LogP contribution in [0.5, 0.6) is 0 Å². The number of fused-ring (bicyclic) bond motifs is 1. The van der Waals surface area contributed by atoms with Crippen molar-refractivity contribution in [2.24, 2.45) is 4.99 Å². The van der Waals surface area contributed by atoms with Crippen LogP contribution in [0.3, 0.4) is 0 Å². The molecule has 1 aliphatic rings. The second-order valence-corrected chi connectivity index (χ2v) is 5.80. The molecule has 128 valence electrons. The number of rotatable bonds is 3.